The van der Waals surface area contributed by atoms with E-state index in [1.807, 2.05) is 49.6 Å². The third-order valence-electron chi connectivity index (χ3n) is 9.82. The van der Waals surface area contributed by atoms with Crippen LogP contribution in [-0.4, -0.2) is 15.0 Å². The molecular formula is C48H37IrN3O-2. The van der Waals surface area contributed by atoms with Gasteiger partial charge in [-0.25, -0.2) is 0 Å². The van der Waals surface area contributed by atoms with Crippen LogP contribution in [0.1, 0.15) is 27.9 Å². The summed E-state index contributed by atoms with van der Waals surface area (Å²) in [7, 11) is 0. The Labute approximate surface area is 324 Å². The molecule has 0 atom stereocenters. The molecule has 0 bridgehead atoms. The van der Waals surface area contributed by atoms with Crippen molar-refractivity contribution in [2.75, 3.05) is 0 Å². The fourth-order valence-electron chi connectivity index (χ4n) is 6.56. The van der Waals surface area contributed by atoms with Crippen LogP contribution < -0.4 is 0 Å². The van der Waals surface area contributed by atoms with Crippen LogP contribution in [0.25, 0.3) is 77.4 Å². The number of nitrogens with zero attached hydrogens (tertiary/aromatic N) is 3. The second kappa shape index (κ2) is 15.1. The second-order valence-corrected chi connectivity index (χ2v) is 13.4. The Morgan fingerprint density at radius 2 is 1.38 bits per heavy atom. The van der Waals surface area contributed by atoms with E-state index in [1.165, 1.54) is 44.2 Å². The van der Waals surface area contributed by atoms with E-state index in [0.29, 0.717) is 0 Å². The van der Waals surface area contributed by atoms with Crippen molar-refractivity contribution in [2.45, 2.75) is 34.6 Å². The molecule has 0 unspecified atom stereocenters. The van der Waals surface area contributed by atoms with Crippen molar-refractivity contribution in [3.05, 3.63) is 174 Å². The molecule has 4 aromatic heterocycles. The van der Waals surface area contributed by atoms with Gasteiger partial charge in [0.15, 0.2) is 0 Å². The smallest absolute Gasteiger partial charge is 0.0847 e. The molecule has 5 aromatic carbocycles. The molecule has 0 saturated carbocycles. The molecule has 0 aliphatic rings. The zero-order chi connectivity index (χ0) is 35.8. The van der Waals surface area contributed by atoms with Crippen molar-refractivity contribution in [1.82, 2.24) is 15.0 Å². The van der Waals surface area contributed by atoms with Crippen LogP contribution in [0.5, 0.6) is 0 Å². The normalized spacial score (nSPS) is 11.0. The Balaban J connectivity index is 0.000000216. The number of aromatic nitrogens is 3. The summed E-state index contributed by atoms with van der Waals surface area (Å²) >= 11 is 0. The number of furan rings is 1. The average Bonchev–Trinajstić information content (AvgIpc) is 3.66. The van der Waals surface area contributed by atoms with Crippen molar-refractivity contribution in [1.29, 1.82) is 0 Å². The molecule has 261 valence electrons. The molecule has 0 aliphatic heterocycles. The largest absolute Gasteiger partial charge is 0.506 e. The number of aryl methyl sites for hydroxylation is 5. The second-order valence-electron chi connectivity index (χ2n) is 13.4. The van der Waals surface area contributed by atoms with Crippen LogP contribution in [0, 0.1) is 46.8 Å². The Kier molecular flexibility index (Phi) is 10.1. The van der Waals surface area contributed by atoms with Gasteiger partial charge in [-0.15, -0.1) is 41.0 Å². The zero-order valence-corrected chi connectivity index (χ0v) is 32.7. The molecule has 1 radical (unpaired) electrons. The van der Waals surface area contributed by atoms with Crippen molar-refractivity contribution < 1.29 is 24.5 Å². The molecule has 0 spiro atoms. The predicted octanol–water partition coefficient (Wildman–Crippen LogP) is 12.4. The minimum Gasteiger partial charge on any atom is -0.506 e. The average molecular weight is 864 g/mol. The molecule has 0 amide bonds. The quantitative estimate of drug-likeness (QED) is 0.165. The summed E-state index contributed by atoms with van der Waals surface area (Å²) in [4.78, 5) is 14.1. The number of hydrogen-bond acceptors (Lipinski definition) is 4. The van der Waals surface area contributed by atoms with Gasteiger partial charge in [-0.05, 0) is 89.3 Å². The van der Waals surface area contributed by atoms with Crippen molar-refractivity contribution >= 4 is 32.6 Å². The van der Waals surface area contributed by atoms with Crippen LogP contribution in [0.15, 0.2) is 138 Å². The Morgan fingerprint density at radius 1 is 0.623 bits per heavy atom. The van der Waals surface area contributed by atoms with Gasteiger partial charge in [0.05, 0.1) is 5.58 Å². The molecule has 9 aromatic rings. The summed E-state index contributed by atoms with van der Waals surface area (Å²) in [6.45, 7) is 10.4. The van der Waals surface area contributed by atoms with Crippen molar-refractivity contribution in [3.8, 4) is 44.8 Å². The molecule has 0 aliphatic carbocycles. The summed E-state index contributed by atoms with van der Waals surface area (Å²) in [6, 6.07) is 47.0. The molecule has 4 heterocycles. The number of hydrogen-bond donors (Lipinski definition) is 0. The van der Waals surface area contributed by atoms with E-state index in [4.69, 9.17) is 14.4 Å². The first-order chi connectivity index (χ1) is 25.3. The predicted molar refractivity (Wildman–Crippen MR) is 214 cm³/mol. The maximum atomic E-state index is 5.77. The van der Waals surface area contributed by atoms with E-state index in [9.17, 15) is 0 Å². The van der Waals surface area contributed by atoms with E-state index >= 15 is 0 Å². The van der Waals surface area contributed by atoms with Crippen LogP contribution in [0.2, 0.25) is 0 Å². The standard InChI is InChI=1S/C33H21N2O.C15H16N.Ir/c1-21-9-14-29-30(20-27-15-17-36-33(27)32(29)35-21)31-28(8-5-16-34-31)26-13-12-24-18-23(10-11-25(24)19-26)22-6-3-2-4-7-22;1-10-5-6-14(7-11(10)2)15-8-12(3)13(4)9-16-15;/h2-19H,1H3;5,7-9H,1-4H3;/q2*-1;. The first-order valence-corrected chi connectivity index (χ1v) is 17.5. The van der Waals surface area contributed by atoms with E-state index in [0.717, 1.165) is 61.2 Å². The summed E-state index contributed by atoms with van der Waals surface area (Å²) in [5.74, 6) is 0. The van der Waals surface area contributed by atoms with Crippen LogP contribution in [-0.2, 0) is 20.1 Å². The maximum absolute atomic E-state index is 5.77. The van der Waals surface area contributed by atoms with Gasteiger partial charge in [-0.3, -0.25) is 9.97 Å². The van der Waals surface area contributed by atoms with Gasteiger partial charge in [0, 0.05) is 55.7 Å². The molecule has 9 rings (SSSR count). The van der Waals surface area contributed by atoms with Gasteiger partial charge in [0.1, 0.15) is 0 Å². The molecular weight excluding hydrogens is 827 g/mol. The fraction of sp³-hybridized carbons (Fsp3) is 0.104. The minimum atomic E-state index is 0. The maximum Gasteiger partial charge on any atom is 0.0847 e. The van der Waals surface area contributed by atoms with Gasteiger partial charge >= 0.3 is 0 Å². The Morgan fingerprint density at radius 3 is 2.15 bits per heavy atom. The molecule has 0 fully saturated rings. The van der Waals surface area contributed by atoms with Gasteiger partial charge in [0.2, 0.25) is 0 Å². The van der Waals surface area contributed by atoms with Crippen LogP contribution in [0.4, 0.5) is 0 Å². The Bertz CT molecular complexity index is 2700. The summed E-state index contributed by atoms with van der Waals surface area (Å²) in [5.41, 5.74) is 16.1. The van der Waals surface area contributed by atoms with E-state index in [-0.39, 0.29) is 20.1 Å². The third-order valence-corrected chi connectivity index (χ3v) is 9.82. The fourth-order valence-corrected chi connectivity index (χ4v) is 6.56. The van der Waals surface area contributed by atoms with Crippen molar-refractivity contribution in [3.63, 3.8) is 0 Å². The zero-order valence-electron chi connectivity index (χ0n) is 30.3. The third kappa shape index (κ3) is 7.19. The number of pyridine rings is 3. The topological polar surface area (TPSA) is 51.8 Å². The van der Waals surface area contributed by atoms with Crippen LogP contribution in [0.3, 0.4) is 0 Å². The minimum absolute atomic E-state index is 0. The number of rotatable bonds is 4. The number of benzene rings is 5. The Hall–Kier alpha value is -5.74. The van der Waals surface area contributed by atoms with E-state index in [2.05, 4.69) is 130 Å². The van der Waals surface area contributed by atoms with E-state index < -0.39 is 0 Å². The van der Waals surface area contributed by atoms with Crippen LogP contribution >= 0.6 is 0 Å². The summed E-state index contributed by atoms with van der Waals surface area (Å²) < 4.78 is 5.77. The molecule has 5 heteroatoms. The van der Waals surface area contributed by atoms with Gasteiger partial charge in [-0.1, -0.05) is 115 Å². The van der Waals surface area contributed by atoms with Gasteiger partial charge in [-0.2, -0.15) is 0 Å². The first-order valence-electron chi connectivity index (χ1n) is 17.5. The first kappa shape index (κ1) is 35.7. The molecule has 0 saturated heterocycles. The molecule has 0 N–H and O–H groups in total. The van der Waals surface area contributed by atoms with E-state index in [1.54, 1.807) is 6.26 Å². The number of fused-ring (bicyclic) bond motifs is 4. The van der Waals surface area contributed by atoms with Crippen molar-refractivity contribution in [2.24, 2.45) is 0 Å². The monoisotopic (exact) mass is 864 g/mol. The SMILES string of the molecule is Cc1c[c-]c(-c2cc(C)c(C)cn2)cc1C.Cc1ccc2c(-c3ncccc3-c3ccc4cc(-c5ccccc5)ccc4c3)[c-]c3ccoc3c2n1.[Ir]. The summed E-state index contributed by atoms with van der Waals surface area (Å²) in [5, 5.41) is 4.29. The summed E-state index contributed by atoms with van der Waals surface area (Å²) in [6.07, 6.45) is 5.46. The van der Waals surface area contributed by atoms with Gasteiger partial charge in [0.25, 0.3) is 0 Å². The van der Waals surface area contributed by atoms with Gasteiger partial charge < -0.3 is 9.40 Å². The molecule has 4 nitrogen and oxygen atoms in total. The molecule has 53 heavy (non-hydrogen) atoms.